The van der Waals surface area contributed by atoms with E-state index in [0.717, 1.165) is 17.7 Å². The second kappa shape index (κ2) is 9.29. The van der Waals surface area contributed by atoms with Crippen LogP contribution in [-0.2, 0) is 9.59 Å². The van der Waals surface area contributed by atoms with Gasteiger partial charge in [0.15, 0.2) is 0 Å². The number of amides is 2. The molecule has 0 saturated heterocycles. The third-order valence-corrected chi connectivity index (χ3v) is 4.10. The van der Waals surface area contributed by atoms with Gasteiger partial charge >= 0.3 is 0 Å². The Morgan fingerprint density at radius 3 is 2.97 bits per heavy atom. The standard InChI is InChI=1S/C20H17FN6O3/c1-30-17-5-3-2-4-12(17)11-23-27-20-25-16(19(29)26-20)9-18(28)24-15-7-6-14(21)8-13(15)10-22/h2-8,11,16H,9H2,1H3,(H,24,28)(H2,25,26,27,29)/b23-11-/t16-/m0/s1. The van der Waals surface area contributed by atoms with Gasteiger partial charge in [0.2, 0.25) is 11.9 Å². The van der Waals surface area contributed by atoms with Gasteiger partial charge in [-0.15, -0.1) is 0 Å². The van der Waals surface area contributed by atoms with Gasteiger partial charge in [0.05, 0.1) is 31.0 Å². The molecule has 10 heteroatoms. The van der Waals surface area contributed by atoms with E-state index in [9.17, 15) is 14.0 Å². The number of para-hydroxylation sites is 1. The zero-order valence-corrected chi connectivity index (χ0v) is 15.8. The van der Waals surface area contributed by atoms with E-state index in [0.29, 0.717) is 5.75 Å². The zero-order chi connectivity index (χ0) is 21.5. The Balaban J connectivity index is 1.60. The van der Waals surface area contributed by atoms with Crippen LogP contribution in [-0.4, -0.2) is 37.1 Å². The number of guanidine groups is 1. The van der Waals surface area contributed by atoms with Crippen LogP contribution in [0.3, 0.4) is 0 Å². The molecular weight excluding hydrogens is 391 g/mol. The zero-order valence-electron chi connectivity index (χ0n) is 15.8. The summed E-state index contributed by atoms with van der Waals surface area (Å²) in [5.41, 5.74) is 3.47. The fraction of sp³-hybridized carbons (Fsp3) is 0.150. The predicted octanol–water partition coefficient (Wildman–Crippen LogP) is 1.51. The van der Waals surface area contributed by atoms with Gasteiger partial charge in [0.1, 0.15) is 23.7 Å². The largest absolute Gasteiger partial charge is 0.496 e. The molecule has 1 aliphatic heterocycles. The number of ether oxygens (including phenoxy) is 1. The SMILES string of the molecule is COc1ccccc1/C=N\NC1=N[C@@H](CC(=O)Nc2ccc(F)cc2C#N)C(=O)N1. The van der Waals surface area contributed by atoms with Gasteiger partial charge < -0.3 is 10.1 Å². The summed E-state index contributed by atoms with van der Waals surface area (Å²) in [6.45, 7) is 0. The maximum Gasteiger partial charge on any atom is 0.252 e. The van der Waals surface area contributed by atoms with E-state index in [4.69, 9.17) is 10.00 Å². The molecule has 1 heterocycles. The number of hydrogen-bond donors (Lipinski definition) is 3. The van der Waals surface area contributed by atoms with Crippen molar-refractivity contribution in [2.24, 2.45) is 10.1 Å². The van der Waals surface area contributed by atoms with E-state index in [-0.39, 0.29) is 23.6 Å². The van der Waals surface area contributed by atoms with E-state index in [1.54, 1.807) is 25.3 Å². The summed E-state index contributed by atoms with van der Waals surface area (Å²) in [6.07, 6.45) is 1.25. The molecule has 0 fully saturated rings. The topological polar surface area (TPSA) is 128 Å². The third kappa shape index (κ3) is 4.96. The number of rotatable bonds is 6. The second-order valence-corrected chi connectivity index (χ2v) is 6.15. The highest BCUT2D eigenvalue weighted by molar-refractivity contribution is 6.07. The van der Waals surface area contributed by atoms with Crippen LogP contribution in [0.5, 0.6) is 5.75 Å². The first-order chi connectivity index (χ1) is 14.5. The number of anilines is 1. The molecule has 0 saturated carbocycles. The number of nitriles is 1. The summed E-state index contributed by atoms with van der Waals surface area (Å²) in [6, 6.07) is 11.5. The molecule has 152 valence electrons. The number of methoxy groups -OCH3 is 1. The summed E-state index contributed by atoms with van der Waals surface area (Å²) >= 11 is 0. The molecular formula is C20H17FN6O3. The Hall–Kier alpha value is -4.26. The van der Waals surface area contributed by atoms with Gasteiger partial charge in [-0.1, -0.05) is 12.1 Å². The summed E-state index contributed by atoms with van der Waals surface area (Å²) in [7, 11) is 1.54. The molecule has 2 amide bonds. The molecule has 3 N–H and O–H groups in total. The molecule has 1 atom stereocenters. The lowest BCUT2D eigenvalue weighted by atomic mass is 10.1. The lowest BCUT2D eigenvalue weighted by molar-refractivity contribution is -0.123. The molecule has 0 aromatic heterocycles. The van der Waals surface area contributed by atoms with Crippen LogP contribution in [0, 0.1) is 17.1 Å². The van der Waals surface area contributed by atoms with Crippen molar-refractivity contribution in [1.29, 1.82) is 5.26 Å². The fourth-order valence-electron chi connectivity index (χ4n) is 2.67. The van der Waals surface area contributed by atoms with Crippen molar-refractivity contribution in [2.75, 3.05) is 12.4 Å². The van der Waals surface area contributed by atoms with Gasteiger partial charge in [-0.05, 0) is 30.3 Å². The molecule has 1 aliphatic rings. The van der Waals surface area contributed by atoms with Crippen molar-refractivity contribution in [2.45, 2.75) is 12.5 Å². The average Bonchev–Trinajstić information content (AvgIpc) is 3.08. The van der Waals surface area contributed by atoms with Crippen LogP contribution in [0.15, 0.2) is 52.6 Å². The molecule has 0 radical (unpaired) electrons. The van der Waals surface area contributed by atoms with Crippen molar-refractivity contribution in [3.63, 3.8) is 0 Å². The average molecular weight is 408 g/mol. The number of carbonyl (C=O) groups is 2. The Morgan fingerprint density at radius 2 is 2.20 bits per heavy atom. The van der Waals surface area contributed by atoms with E-state index >= 15 is 0 Å². The number of nitrogens with one attached hydrogen (secondary N) is 3. The first-order valence-corrected chi connectivity index (χ1v) is 8.80. The lowest BCUT2D eigenvalue weighted by Gasteiger charge is -2.08. The maximum absolute atomic E-state index is 13.2. The fourth-order valence-corrected chi connectivity index (χ4v) is 2.67. The number of benzene rings is 2. The van der Waals surface area contributed by atoms with Gasteiger partial charge in [0.25, 0.3) is 5.91 Å². The molecule has 3 rings (SSSR count). The monoisotopic (exact) mass is 408 g/mol. The molecule has 2 aromatic rings. The third-order valence-electron chi connectivity index (χ3n) is 4.10. The summed E-state index contributed by atoms with van der Waals surface area (Å²) in [4.78, 5) is 28.4. The predicted molar refractivity (Wildman–Crippen MR) is 107 cm³/mol. The molecule has 0 bridgehead atoms. The molecule has 2 aromatic carbocycles. The number of hydrazone groups is 1. The van der Waals surface area contributed by atoms with E-state index in [1.807, 2.05) is 12.1 Å². The quantitative estimate of drug-likeness (QED) is 0.493. The molecule has 0 aliphatic carbocycles. The Kier molecular flexibility index (Phi) is 6.34. The minimum atomic E-state index is -0.958. The first-order valence-electron chi connectivity index (χ1n) is 8.80. The highest BCUT2D eigenvalue weighted by atomic mass is 19.1. The van der Waals surface area contributed by atoms with Crippen molar-refractivity contribution in [3.8, 4) is 11.8 Å². The van der Waals surface area contributed by atoms with Crippen LogP contribution in [0.2, 0.25) is 0 Å². The van der Waals surface area contributed by atoms with Crippen LogP contribution in [0.1, 0.15) is 17.5 Å². The molecule has 9 nitrogen and oxygen atoms in total. The Bertz CT molecular complexity index is 1080. The van der Waals surface area contributed by atoms with Gasteiger partial charge in [0, 0.05) is 5.56 Å². The highest BCUT2D eigenvalue weighted by Gasteiger charge is 2.28. The smallest absolute Gasteiger partial charge is 0.252 e. The summed E-state index contributed by atoms with van der Waals surface area (Å²) < 4.78 is 18.4. The van der Waals surface area contributed by atoms with E-state index in [1.165, 1.54) is 12.3 Å². The second-order valence-electron chi connectivity index (χ2n) is 6.15. The minimum Gasteiger partial charge on any atom is -0.496 e. The van der Waals surface area contributed by atoms with Crippen LogP contribution in [0.4, 0.5) is 10.1 Å². The Morgan fingerprint density at radius 1 is 1.40 bits per heavy atom. The van der Waals surface area contributed by atoms with E-state index in [2.05, 4.69) is 26.2 Å². The molecule has 0 unspecified atom stereocenters. The normalized spacial score (nSPS) is 15.3. The lowest BCUT2D eigenvalue weighted by Crippen LogP contribution is -2.35. The molecule has 0 spiro atoms. The van der Waals surface area contributed by atoms with Crippen molar-refractivity contribution < 1.29 is 18.7 Å². The number of aliphatic imine (C=N–C) groups is 1. The number of carbonyl (C=O) groups excluding carboxylic acids is 2. The Labute approximate surface area is 171 Å². The first kappa shape index (κ1) is 20.5. The summed E-state index contributed by atoms with van der Waals surface area (Å²) in [5.74, 6) is -0.870. The van der Waals surface area contributed by atoms with Crippen molar-refractivity contribution >= 4 is 29.7 Å². The summed E-state index contributed by atoms with van der Waals surface area (Å²) in [5, 5.41) is 18.0. The van der Waals surface area contributed by atoms with Gasteiger partial charge in [-0.2, -0.15) is 10.4 Å². The van der Waals surface area contributed by atoms with Crippen LogP contribution < -0.4 is 20.8 Å². The van der Waals surface area contributed by atoms with Gasteiger partial charge in [-0.3, -0.25) is 14.9 Å². The van der Waals surface area contributed by atoms with Crippen LogP contribution >= 0.6 is 0 Å². The number of nitrogens with zero attached hydrogens (tertiary/aromatic N) is 3. The van der Waals surface area contributed by atoms with Gasteiger partial charge in [-0.25, -0.2) is 14.8 Å². The number of halogens is 1. The van der Waals surface area contributed by atoms with Crippen molar-refractivity contribution in [1.82, 2.24) is 10.7 Å². The van der Waals surface area contributed by atoms with E-state index < -0.39 is 23.7 Å². The minimum absolute atomic E-state index is 0.0178. The number of hydrogen-bond acceptors (Lipinski definition) is 7. The maximum atomic E-state index is 13.2. The van der Waals surface area contributed by atoms with Crippen molar-refractivity contribution in [3.05, 3.63) is 59.4 Å². The highest BCUT2D eigenvalue weighted by Crippen LogP contribution is 2.17. The van der Waals surface area contributed by atoms with Crippen LogP contribution in [0.25, 0.3) is 0 Å². The molecule has 30 heavy (non-hydrogen) atoms.